The molecule has 2 rings (SSSR count). The van der Waals surface area contributed by atoms with Crippen molar-refractivity contribution in [3.8, 4) is 5.75 Å². The van der Waals surface area contributed by atoms with Crippen LogP contribution in [0.2, 0.25) is 0 Å². The van der Waals surface area contributed by atoms with Gasteiger partial charge in [0.15, 0.2) is 0 Å². The molecule has 0 radical (unpaired) electrons. The van der Waals surface area contributed by atoms with Gasteiger partial charge in [0.2, 0.25) is 5.91 Å². The largest absolute Gasteiger partial charge is 0.497 e. The van der Waals surface area contributed by atoms with Crippen molar-refractivity contribution in [2.75, 3.05) is 12.4 Å². The molecule has 1 amide bonds. The summed E-state index contributed by atoms with van der Waals surface area (Å²) >= 11 is 0. The number of rotatable bonds is 5. The van der Waals surface area contributed by atoms with E-state index in [1.165, 1.54) is 25.7 Å². The molecule has 0 unspecified atom stereocenters. The van der Waals surface area contributed by atoms with Crippen LogP contribution < -0.4 is 10.1 Å². The molecule has 1 aliphatic carbocycles. The zero-order valence-corrected chi connectivity index (χ0v) is 10.9. The first-order valence-corrected chi connectivity index (χ1v) is 6.72. The predicted octanol–water partition coefficient (Wildman–Crippen LogP) is 3.60. The predicted molar refractivity (Wildman–Crippen MR) is 72.8 cm³/mol. The number of methoxy groups -OCH3 is 1. The summed E-state index contributed by atoms with van der Waals surface area (Å²) in [5.41, 5.74) is 0.811. The molecule has 0 heterocycles. The number of hydrogen-bond donors (Lipinski definition) is 1. The highest BCUT2D eigenvalue weighted by atomic mass is 16.5. The average Bonchev–Trinajstić information content (AvgIpc) is 2.90. The van der Waals surface area contributed by atoms with Gasteiger partial charge in [-0.3, -0.25) is 4.79 Å². The first-order valence-electron chi connectivity index (χ1n) is 6.72. The van der Waals surface area contributed by atoms with Gasteiger partial charge in [0.05, 0.1) is 7.11 Å². The molecule has 1 aliphatic rings. The second-order valence-corrected chi connectivity index (χ2v) is 4.97. The number of carbonyl (C=O) groups is 1. The smallest absolute Gasteiger partial charge is 0.224 e. The van der Waals surface area contributed by atoms with Crippen LogP contribution in [0.5, 0.6) is 5.75 Å². The quantitative estimate of drug-likeness (QED) is 0.863. The molecule has 98 valence electrons. The zero-order chi connectivity index (χ0) is 12.8. The number of amides is 1. The molecule has 0 bridgehead atoms. The molecular weight excluding hydrogens is 226 g/mol. The van der Waals surface area contributed by atoms with Crippen LogP contribution in [0, 0.1) is 5.92 Å². The summed E-state index contributed by atoms with van der Waals surface area (Å²) in [7, 11) is 1.63. The molecule has 18 heavy (non-hydrogen) atoms. The zero-order valence-electron chi connectivity index (χ0n) is 10.9. The summed E-state index contributed by atoms with van der Waals surface area (Å²) in [5, 5.41) is 2.92. The van der Waals surface area contributed by atoms with Crippen molar-refractivity contribution in [3.05, 3.63) is 24.3 Å². The van der Waals surface area contributed by atoms with Gasteiger partial charge < -0.3 is 10.1 Å². The van der Waals surface area contributed by atoms with Crippen molar-refractivity contribution >= 4 is 11.6 Å². The molecule has 1 saturated carbocycles. The van der Waals surface area contributed by atoms with E-state index in [1.807, 2.05) is 24.3 Å². The maximum absolute atomic E-state index is 11.8. The number of anilines is 1. The summed E-state index contributed by atoms with van der Waals surface area (Å²) in [5.74, 6) is 1.64. The van der Waals surface area contributed by atoms with Crippen LogP contribution in [0.25, 0.3) is 0 Å². The topological polar surface area (TPSA) is 38.3 Å². The number of hydrogen-bond acceptors (Lipinski definition) is 2. The Morgan fingerprint density at radius 1 is 1.39 bits per heavy atom. The molecule has 0 saturated heterocycles. The van der Waals surface area contributed by atoms with E-state index in [9.17, 15) is 4.79 Å². The van der Waals surface area contributed by atoms with Gasteiger partial charge in [0, 0.05) is 18.2 Å². The van der Waals surface area contributed by atoms with Crippen molar-refractivity contribution in [2.45, 2.75) is 38.5 Å². The number of carbonyl (C=O) groups excluding carboxylic acids is 1. The van der Waals surface area contributed by atoms with Gasteiger partial charge in [0.1, 0.15) is 5.75 Å². The second-order valence-electron chi connectivity index (χ2n) is 4.97. The molecule has 1 fully saturated rings. The fourth-order valence-corrected chi connectivity index (χ4v) is 2.56. The van der Waals surface area contributed by atoms with Crippen molar-refractivity contribution in [1.29, 1.82) is 0 Å². The van der Waals surface area contributed by atoms with Crippen LogP contribution in [0.1, 0.15) is 38.5 Å². The van der Waals surface area contributed by atoms with Crippen LogP contribution in [0.15, 0.2) is 24.3 Å². The Morgan fingerprint density at radius 3 is 2.89 bits per heavy atom. The Kier molecular flexibility index (Phi) is 4.62. The molecule has 0 aromatic heterocycles. The van der Waals surface area contributed by atoms with Crippen molar-refractivity contribution in [2.24, 2.45) is 5.92 Å². The normalized spacial score (nSPS) is 15.6. The minimum absolute atomic E-state index is 0.107. The van der Waals surface area contributed by atoms with Gasteiger partial charge in [-0.25, -0.2) is 0 Å². The maximum Gasteiger partial charge on any atom is 0.224 e. The molecule has 3 heteroatoms. The molecule has 0 spiro atoms. The monoisotopic (exact) mass is 247 g/mol. The van der Waals surface area contributed by atoms with Crippen LogP contribution in [0.4, 0.5) is 5.69 Å². The molecule has 1 N–H and O–H groups in total. The van der Waals surface area contributed by atoms with Crippen molar-refractivity contribution in [3.63, 3.8) is 0 Å². The summed E-state index contributed by atoms with van der Waals surface area (Å²) in [6.45, 7) is 0. The van der Waals surface area contributed by atoms with E-state index in [0.29, 0.717) is 6.42 Å². The highest BCUT2D eigenvalue weighted by Gasteiger charge is 2.16. The Balaban J connectivity index is 1.78. The second kappa shape index (κ2) is 6.43. The maximum atomic E-state index is 11.8. The van der Waals surface area contributed by atoms with E-state index in [2.05, 4.69) is 5.32 Å². The first kappa shape index (κ1) is 12.9. The van der Waals surface area contributed by atoms with Crippen LogP contribution in [-0.4, -0.2) is 13.0 Å². The summed E-state index contributed by atoms with van der Waals surface area (Å²) < 4.78 is 5.13. The van der Waals surface area contributed by atoms with E-state index in [-0.39, 0.29) is 5.91 Å². The number of nitrogens with one attached hydrogen (secondary N) is 1. The standard InChI is InChI=1S/C15H21NO2/c1-18-14-8-4-7-13(11-14)16-15(17)10-9-12-5-2-3-6-12/h4,7-8,11-12H,2-3,5-6,9-10H2,1H3,(H,16,17). The molecule has 1 aromatic rings. The van der Waals surface area contributed by atoms with Gasteiger partial charge in [-0.1, -0.05) is 31.7 Å². The van der Waals surface area contributed by atoms with E-state index < -0.39 is 0 Å². The van der Waals surface area contributed by atoms with Crippen molar-refractivity contribution < 1.29 is 9.53 Å². The third kappa shape index (κ3) is 3.76. The van der Waals surface area contributed by atoms with Gasteiger partial charge in [-0.2, -0.15) is 0 Å². The minimum atomic E-state index is 0.107. The highest BCUT2D eigenvalue weighted by molar-refractivity contribution is 5.90. The average molecular weight is 247 g/mol. The summed E-state index contributed by atoms with van der Waals surface area (Å²) in [6.07, 6.45) is 6.92. The highest BCUT2D eigenvalue weighted by Crippen LogP contribution is 2.28. The van der Waals surface area contributed by atoms with Crippen LogP contribution in [0.3, 0.4) is 0 Å². The lowest BCUT2D eigenvalue weighted by Crippen LogP contribution is -2.12. The third-order valence-corrected chi connectivity index (χ3v) is 3.61. The lowest BCUT2D eigenvalue weighted by Gasteiger charge is -2.09. The van der Waals surface area contributed by atoms with E-state index in [4.69, 9.17) is 4.74 Å². The fraction of sp³-hybridized carbons (Fsp3) is 0.533. The van der Waals surface area contributed by atoms with Gasteiger partial charge in [-0.15, -0.1) is 0 Å². The molecule has 0 atom stereocenters. The third-order valence-electron chi connectivity index (χ3n) is 3.61. The van der Waals surface area contributed by atoms with E-state index in [0.717, 1.165) is 23.8 Å². The lowest BCUT2D eigenvalue weighted by atomic mass is 10.0. The van der Waals surface area contributed by atoms with Gasteiger partial charge in [0.25, 0.3) is 0 Å². The Labute approximate surface area is 109 Å². The SMILES string of the molecule is COc1cccc(NC(=O)CCC2CCCC2)c1. The fourth-order valence-electron chi connectivity index (χ4n) is 2.56. The van der Waals surface area contributed by atoms with E-state index in [1.54, 1.807) is 7.11 Å². The van der Waals surface area contributed by atoms with Crippen molar-refractivity contribution in [1.82, 2.24) is 0 Å². The number of benzene rings is 1. The molecule has 0 aliphatic heterocycles. The van der Waals surface area contributed by atoms with Gasteiger partial charge in [-0.05, 0) is 24.5 Å². The summed E-state index contributed by atoms with van der Waals surface area (Å²) in [4.78, 5) is 11.8. The Hall–Kier alpha value is -1.51. The first-order chi connectivity index (χ1) is 8.78. The Bertz CT molecular complexity index is 397. The van der Waals surface area contributed by atoms with Crippen LogP contribution in [-0.2, 0) is 4.79 Å². The summed E-state index contributed by atoms with van der Waals surface area (Å²) in [6, 6.07) is 7.48. The lowest BCUT2D eigenvalue weighted by molar-refractivity contribution is -0.116. The Morgan fingerprint density at radius 2 is 2.17 bits per heavy atom. The van der Waals surface area contributed by atoms with Crippen LogP contribution >= 0.6 is 0 Å². The minimum Gasteiger partial charge on any atom is -0.497 e. The van der Waals surface area contributed by atoms with E-state index >= 15 is 0 Å². The molecule has 1 aromatic carbocycles. The number of ether oxygens (including phenoxy) is 1. The molecule has 3 nitrogen and oxygen atoms in total. The van der Waals surface area contributed by atoms with Gasteiger partial charge >= 0.3 is 0 Å². The molecular formula is C15H21NO2.